The SMILES string of the molecule is COC(=O)C(=O)Oc1ccccc1.O=C(Oc1ccccc1)C(=O)Oc1ccccc1. The highest BCUT2D eigenvalue weighted by Gasteiger charge is 2.19. The van der Waals surface area contributed by atoms with Gasteiger partial charge in [0.2, 0.25) is 0 Å². The van der Waals surface area contributed by atoms with Gasteiger partial charge in [-0.15, -0.1) is 0 Å². The molecule has 0 aliphatic heterocycles. The number of benzene rings is 3. The van der Waals surface area contributed by atoms with E-state index >= 15 is 0 Å². The van der Waals surface area contributed by atoms with Crippen molar-refractivity contribution >= 4 is 23.9 Å². The molecule has 0 spiro atoms. The lowest BCUT2D eigenvalue weighted by Gasteiger charge is -2.04. The monoisotopic (exact) mass is 422 g/mol. The minimum atomic E-state index is -1.05. The van der Waals surface area contributed by atoms with Crippen LogP contribution < -0.4 is 14.2 Å². The van der Waals surface area contributed by atoms with Crippen LogP contribution in [0.4, 0.5) is 0 Å². The maximum Gasteiger partial charge on any atom is 0.423 e. The molecule has 0 heterocycles. The van der Waals surface area contributed by atoms with E-state index in [0.29, 0.717) is 17.2 Å². The number of carbonyl (C=O) groups is 4. The Morgan fingerprint density at radius 2 is 0.710 bits per heavy atom. The standard InChI is InChI=1S/C14H10O4.C9H8O4/c15-13(17-11-7-3-1-4-8-11)14(16)18-12-9-5-2-6-10-12;1-12-8(10)9(11)13-7-5-3-2-4-6-7/h1-10H;2-6H,1H3. The second-order valence-electron chi connectivity index (χ2n) is 5.60. The van der Waals surface area contributed by atoms with E-state index in [1.807, 2.05) is 0 Å². The van der Waals surface area contributed by atoms with Gasteiger partial charge in [0, 0.05) is 0 Å². The third-order valence-corrected chi connectivity index (χ3v) is 3.38. The molecule has 0 saturated carbocycles. The number of rotatable bonds is 3. The first kappa shape index (κ1) is 22.8. The van der Waals surface area contributed by atoms with Crippen LogP contribution >= 0.6 is 0 Å². The van der Waals surface area contributed by atoms with E-state index in [0.717, 1.165) is 7.11 Å². The Balaban J connectivity index is 0.000000233. The van der Waals surface area contributed by atoms with Gasteiger partial charge in [0.15, 0.2) is 0 Å². The van der Waals surface area contributed by atoms with Crippen LogP contribution in [0.1, 0.15) is 0 Å². The summed E-state index contributed by atoms with van der Waals surface area (Å²) in [5.74, 6) is -3.22. The lowest BCUT2D eigenvalue weighted by Crippen LogP contribution is -2.25. The molecule has 0 aliphatic carbocycles. The van der Waals surface area contributed by atoms with Gasteiger partial charge in [-0.1, -0.05) is 54.6 Å². The highest BCUT2D eigenvalue weighted by molar-refractivity contribution is 6.31. The lowest BCUT2D eigenvalue weighted by molar-refractivity contribution is -0.160. The molecule has 0 unspecified atom stereocenters. The van der Waals surface area contributed by atoms with Gasteiger partial charge in [0.05, 0.1) is 7.11 Å². The van der Waals surface area contributed by atoms with Crippen LogP contribution in [0, 0.1) is 0 Å². The summed E-state index contributed by atoms with van der Waals surface area (Å²) >= 11 is 0. The van der Waals surface area contributed by atoms with E-state index < -0.39 is 23.9 Å². The van der Waals surface area contributed by atoms with E-state index in [4.69, 9.17) is 9.47 Å². The Hall–Kier alpha value is -4.46. The molecule has 0 amide bonds. The van der Waals surface area contributed by atoms with Crippen molar-refractivity contribution in [3.63, 3.8) is 0 Å². The van der Waals surface area contributed by atoms with Crippen molar-refractivity contribution in [3.8, 4) is 17.2 Å². The second-order valence-corrected chi connectivity index (χ2v) is 5.60. The van der Waals surface area contributed by atoms with Crippen molar-refractivity contribution in [2.24, 2.45) is 0 Å². The van der Waals surface area contributed by atoms with Gasteiger partial charge in [0.25, 0.3) is 0 Å². The zero-order valence-corrected chi connectivity index (χ0v) is 16.4. The summed E-state index contributed by atoms with van der Waals surface area (Å²) in [5, 5.41) is 0. The Bertz CT molecular complexity index is 950. The molecule has 0 atom stereocenters. The first-order valence-electron chi connectivity index (χ1n) is 8.89. The summed E-state index contributed by atoms with van der Waals surface area (Å²) in [5.41, 5.74) is 0. The Kier molecular flexibility index (Phi) is 8.97. The summed E-state index contributed by atoms with van der Waals surface area (Å²) in [6.07, 6.45) is 0. The zero-order valence-electron chi connectivity index (χ0n) is 16.4. The fraction of sp³-hybridized carbons (Fsp3) is 0.0435. The van der Waals surface area contributed by atoms with Gasteiger partial charge in [-0.3, -0.25) is 0 Å². The molecular weight excluding hydrogens is 404 g/mol. The van der Waals surface area contributed by atoms with Crippen LogP contribution in [0.5, 0.6) is 17.2 Å². The van der Waals surface area contributed by atoms with Crippen molar-refractivity contribution in [1.29, 1.82) is 0 Å². The summed E-state index contributed by atoms with van der Waals surface area (Å²) < 4.78 is 18.5. The molecule has 0 N–H and O–H groups in total. The van der Waals surface area contributed by atoms with Crippen molar-refractivity contribution in [1.82, 2.24) is 0 Å². The van der Waals surface area contributed by atoms with Crippen LogP contribution in [0.2, 0.25) is 0 Å². The van der Waals surface area contributed by atoms with Crippen LogP contribution in [-0.2, 0) is 23.9 Å². The fourth-order valence-electron chi connectivity index (χ4n) is 2.00. The van der Waals surface area contributed by atoms with E-state index in [9.17, 15) is 19.2 Å². The third kappa shape index (κ3) is 8.20. The molecule has 158 valence electrons. The number of carbonyl (C=O) groups excluding carboxylic acids is 4. The largest absolute Gasteiger partial charge is 0.461 e. The van der Waals surface area contributed by atoms with Crippen molar-refractivity contribution in [3.05, 3.63) is 91.0 Å². The van der Waals surface area contributed by atoms with Crippen molar-refractivity contribution in [2.75, 3.05) is 7.11 Å². The Morgan fingerprint density at radius 3 is 0.968 bits per heavy atom. The molecule has 0 bridgehead atoms. The summed E-state index contributed by atoms with van der Waals surface area (Å²) in [6, 6.07) is 25.0. The van der Waals surface area contributed by atoms with Crippen LogP contribution in [-0.4, -0.2) is 31.0 Å². The maximum atomic E-state index is 11.4. The average Bonchev–Trinajstić information content (AvgIpc) is 2.81. The molecule has 3 aromatic rings. The van der Waals surface area contributed by atoms with E-state index in [1.165, 1.54) is 0 Å². The molecule has 0 fully saturated rings. The summed E-state index contributed by atoms with van der Waals surface area (Å²) in [7, 11) is 1.12. The van der Waals surface area contributed by atoms with E-state index in [1.54, 1.807) is 91.0 Å². The number of para-hydroxylation sites is 3. The molecule has 8 nitrogen and oxygen atoms in total. The van der Waals surface area contributed by atoms with Crippen LogP contribution in [0.25, 0.3) is 0 Å². The predicted octanol–water partition coefficient (Wildman–Crippen LogP) is 2.96. The molecule has 3 rings (SSSR count). The predicted molar refractivity (Wildman–Crippen MR) is 108 cm³/mol. The number of esters is 4. The van der Waals surface area contributed by atoms with Gasteiger partial charge in [-0.05, 0) is 36.4 Å². The highest BCUT2D eigenvalue weighted by Crippen LogP contribution is 2.11. The van der Waals surface area contributed by atoms with E-state index in [-0.39, 0.29) is 0 Å². The Labute approximate surface area is 177 Å². The lowest BCUT2D eigenvalue weighted by atomic mass is 10.3. The van der Waals surface area contributed by atoms with E-state index in [2.05, 4.69) is 9.47 Å². The molecule has 0 radical (unpaired) electrons. The third-order valence-electron chi connectivity index (χ3n) is 3.38. The minimum Gasteiger partial charge on any atom is -0.461 e. The number of methoxy groups -OCH3 is 1. The summed E-state index contributed by atoms with van der Waals surface area (Å²) in [6.45, 7) is 0. The van der Waals surface area contributed by atoms with Gasteiger partial charge >= 0.3 is 23.9 Å². The molecule has 0 saturated heterocycles. The van der Waals surface area contributed by atoms with Gasteiger partial charge < -0.3 is 18.9 Å². The second kappa shape index (κ2) is 12.2. The molecular formula is C23H18O8. The van der Waals surface area contributed by atoms with Crippen molar-refractivity contribution < 1.29 is 38.1 Å². The molecule has 0 aromatic heterocycles. The van der Waals surface area contributed by atoms with Crippen LogP contribution in [0.3, 0.4) is 0 Å². The minimum absolute atomic E-state index is 0.299. The zero-order chi connectivity index (χ0) is 22.5. The Morgan fingerprint density at radius 1 is 0.452 bits per heavy atom. The van der Waals surface area contributed by atoms with Gasteiger partial charge in [-0.25, -0.2) is 19.2 Å². The molecule has 3 aromatic carbocycles. The average molecular weight is 422 g/mol. The van der Waals surface area contributed by atoms with Gasteiger partial charge in [-0.2, -0.15) is 0 Å². The molecule has 0 aliphatic rings. The fourth-order valence-corrected chi connectivity index (χ4v) is 2.00. The maximum absolute atomic E-state index is 11.4. The number of hydrogen-bond acceptors (Lipinski definition) is 8. The first-order chi connectivity index (χ1) is 15.0. The number of ether oxygens (including phenoxy) is 4. The highest BCUT2D eigenvalue weighted by atomic mass is 16.6. The summed E-state index contributed by atoms with van der Waals surface area (Å²) in [4.78, 5) is 44.3. The number of hydrogen-bond donors (Lipinski definition) is 0. The van der Waals surface area contributed by atoms with Gasteiger partial charge in [0.1, 0.15) is 17.2 Å². The normalized spacial score (nSPS) is 9.32. The van der Waals surface area contributed by atoms with Crippen molar-refractivity contribution in [2.45, 2.75) is 0 Å². The topological polar surface area (TPSA) is 105 Å². The quantitative estimate of drug-likeness (QED) is 0.360. The smallest absolute Gasteiger partial charge is 0.423 e. The molecule has 8 heteroatoms. The van der Waals surface area contributed by atoms with Crippen LogP contribution in [0.15, 0.2) is 91.0 Å². The molecule has 31 heavy (non-hydrogen) atoms. The first-order valence-corrected chi connectivity index (χ1v) is 8.89.